The molecule has 2 rings (SSSR count). The minimum atomic E-state index is 0.400. The minimum absolute atomic E-state index is 0.400. The predicted molar refractivity (Wildman–Crippen MR) is 76.6 cm³/mol. The maximum atomic E-state index is 5.59. The van der Waals surface area contributed by atoms with E-state index >= 15 is 0 Å². The standard InChI is InChI=1S/C13H23N3OS/c1-4-11-9-18-13(15-11)16-5-6-17-8-12(16)7-14-10(2)3/h9-10,12,14H,4-8H2,1-3H3. The van der Waals surface area contributed by atoms with Gasteiger partial charge in [-0.1, -0.05) is 20.8 Å². The van der Waals surface area contributed by atoms with Crippen LogP contribution in [-0.2, 0) is 11.2 Å². The van der Waals surface area contributed by atoms with Gasteiger partial charge in [-0.3, -0.25) is 0 Å². The molecule has 102 valence electrons. The lowest BCUT2D eigenvalue weighted by atomic mass is 10.2. The van der Waals surface area contributed by atoms with Gasteiger partial charge in [0.05, 0.1) is 24.9 Å². The first kappa shape index (κ1) is 13.8. The molecular formula is C13H23N3OS. The zero-order valence-corrected chi connectivity index (χ0v) is 12.3. The first-order valence-electron chi connectivity index (χ1n) is 6.73. The van der Waals surface area contributed by atoms with Gasteiger partial charge in [0.1, 0.15) is 0 Å². The number of hydrogen-bond acceptors (Lipinski definition) is 5. The molecule has 0 radical (unpaired) electrons. The Morgan fingerprint density at radius 3 is 3.11 bits per heavy atom. The fourth-order valence-corrected chi connectivity index (χ4v) is 3.04. The normalized spacial score (nSPS) is 20.7. The van der Waals surface area contributed by atoms with Gasteiger partial charge in [0.25, 0.3) is 0 Å². The van der Waals surface area contributed by atoms with Crippen molar-refractivity contribution in [1.82, 2.24) is 10.3 Å². The number of nitrogens with zero attached hydrogens (tertiary/aromatic N) is 2. The van der Waals surface area contributed by atoms with Crippen LogP contribution in [0.2, 0.25) is 0 Å². The lowest BCUT2D eigenvalue weighted by Crippen LogP contribution is -2.51. The van der Waals surface area contributed by atoms with Crippen molar-refractivity contribution in [1.29, 1.82) is 0 Å². The minimum Gasteiger partial charge on any atom is -0.377 e. The van der Waals surface area contributed by atoms with E-state index in [1.807, 2.05) is 0 Å². The Morgan fingerprint density at radius 2 is 2.44 bits per heavy atom. The summed E-state index contributed by atoms with van der Waals surface area (Å²) in [6.07, 6.45) is 1.01. The number of thiazole rings is 1. The Hall–Kier alpha value is -0.650. The van der Waals surface area contributed by atoms with Crippen LogP contribution in [0.25, 0.3) is 0 Å². The number of rotatable bonds is 5. The highest BCUT2D eigenvalue weighted by molar-refractivity contribution is 7.13. The molecule has 0 saturated carbocycles. The van der Waals surface area contributed by atoms with Gasteiger partial charge < -0.3 is 15.0 Å². The van der Waals surface area contributed by atoms with Crippen LogP contribution < -0.4 is 10.2 Å². The Balaban J connectivity index is 2.02. The van der Waals surface area contributed by atoms with E-state index in [0.717, 1.165) is 37.9 Å². The fourth-order valence-electron chi connectivity index (χ4n) is 2.04. The first-order chi connectivity index (χ1) is 8.70. The molecule has 1 atom stereocenters. The number of nitrogens with one attached hydrogen (secondary N) is 1. The van der Waals surface area contributed by atoms with Crippen LogP contribution in [0.4, 0.5) is 5.13 Å². The van der Waals surface area contributed by atoms with Crippen molar-refractivity contribution in [2.24, 2.45) is 0 Å². The van der Waals surface area contributed by atoms with Gasteiger partial charge >= 0.3 is 0 Å². The molecule has 5 heteroatoms. The van der Waals surface area contributed by atoms with Gasteiger partial charge in [-0.15, -0.1) is 11.3 Å². The third-order valence-electron chi connectivity index (χ3n) is 3.14. The Kier molecular flexibility index (Phi) is 4.97. The molecule has 0 aliphatic carbocycles. The topological polar surface area (TPSA) is 37.4 Å². The smallest absolute Gasteiger partial charge is 0.185 e. The summed E-state index contributed by atoms with van der Waals surface area (Å²) in [6, 6.07) is 0.910. The van der Waals surface area contributed by atoms with Gasteiger partial charge in [-0.2, -0.15) is 0 Å². The third kappa shape index (κ3) is 3.43. The van der Waals surface area contributed by atoms with Gasteiger partial charge in [0.2, 0.25) is 0 Å². The predicted octanol–water partition coefficient (Wildman–Crippen LogP) is 1.91. The van der Waals surface area contributed by atoms with Crippen LogP contribution in [0.5, 0.6) is 0 Å². The lowest BCUT2D eigenvalue weighted by molar-refractivity contribution is 0.0931. The molecule has 1 fully saturated rings. The molecule has 0 spiro atoms. The zero-order valence-electron chi connectivity index (χ0n) is 11.5. The number of morpholine rings is 1. The highest BCUT2D eigenvalue weighted by Gasteiger charge is 2.25. The van der Waals surface area contributed by atoms with Gasteiger partial charge in [-0.05, 0) is 6.42 Å². The van der Waals surface area contributed by atoms with Crippen molar-refractivity contribution >= 4 is 16.5 Å². The SMILES string of the molecule is CCc1csc(N2CCOCC2CNC(C)C)n1. The largest absolute Gasteiger partial charge is 0.377 e. The number of aryl methyl sites for hydroxylation is 1. The summed E-state index contributed by atoms with van der Waals surface area (Å²) in [5.74, 6) is 0. The first-order valence-corrected chi connectivity index (χ1v) is 7.60. The van der Waals surface area contributed by atoms with Crippen molar-refractivity contribution in [3.8, 4) is 0 Å². The molecule has 1 aliphatic rings. The lowest BCUT2D eigenvalue weighted by Gasteiger charge is -2.36. The van der Waals surface area contributed by atoms with E-state index in [9.17, 15) is 0 Å². The highest BCUT2D eigenvalue weighted by atomic mass is 32.1. The summed E-state index contributed by atoms with van der Waals surface area (Å²) in [4.78, 5) is 7.08. The molecule has 4 nitrogen and oxygen atoms in total. The third-order valence-corrected chi connectivity index (χ3v) is 4.06. The van der Waals surface area contributed by atoms with E-state index in [1.54, 1.807) is 11.3 Å². The van der Waals surface area contributed by atoms with Crippen LogP contribution in [-0.4, -0.2) is 43.4 Å². The van der Waals surface area contributed by atoms with E-state index < -0.39 is 0 Å². The number of aromatic nitrogens is 1. The second kappa shape index (κ2) is 6.50. The van der Waals surface area contributed by atoms with Gasteiger partial charge in [0.15, 0.2) is 5.13 Å². The quantitative estimate of drug-likeness (QED) is 0.886. The van der Waals surface area contributed by atoms with Crippen LogP contribution in [0, 0.1) is 0 Å². The van der Waals surface area contributed by atoms with E-state index in [4.69, 9.17) is 9.72 Å². The molecule has 1 aromatic heterocycles. The summed E-state index contributed by atoms with van der Waals surface area (Å²) >= 11 is 1.75. The van der Waals surface area contributed by atoms with Crippen LogP contribution in [0.1, 0.15) is 26.5 Å². The summed E-state index contributed by atoms with van der Waals surface area (Å²) < 4.78 is 5.59. The zero-order chi connectivity index (χ0) is 13.0. The number of hydrogen-bond donors (Lipinski definition) is 1. The maximum absolute atomic E-state index is 5.59. The van der Waals surface area contributed by atoms with Crippen molar-refractivity contribution in [2.75, 3.05) is 31.2 Å². The summed E-state index contributed by atoms with van der Waals surface area (Å²) in [5, 5.41) is 6.80. The Bertz CT molecular complexity index is 367. The van der Waals surface area contributed by atoms with E-state index in [2.05, 4.69) is 36.4 Å². The van der Waals surface area contributed by atoms with Gasteiger partial charge in [-0.25, -0.2) is 4.98 Å². The molecule has 1 aromatic rings. The Labute approximate surface area is 113 Å². The van der Waals surface area contributed by atoms with Crippen molar-refractivity contribution in [3.05, 3.63) is 11.1 Å². The summed E-state index contributed by atoms with van der Waals surface area (Å²) in [7, 11) is 0. The second-order valence-electron chi connectivity index (χ2n) is 4.96. The monoisotopic (exact) mass is 269 g/mol. The van der Waals surface area contributed by atoms with E-state index in [1.165, 1.54) is 5.69 Å². The van der Waals surface area contributed by atoms with Crippen molar-refractivity contribution in [2.45, 2.75) is 39.3 Å². The average molecular weight is 269 g/mol. The molecule has 1 saturated heterocycles. The number of anilines is 1. The molecule has 1 unspecified atom stereocenters. The highest BCUT2D eigenvalue weighted by Crippen LogP contribution is 2.24. The Morgan fingerprint density at radius 1 is 1.61 bits per heavy atom. The average Bonchev–Trinajstić information content (AvgIpc) is 2.85. The molecule has 18 heavy (non-hydrogen) atoms. The molecule has 0 aromatic carbocycles. The maximum Gasteiger partial charge on any atom is 0.185 e. The molecule has 0 amide bonds. The molecule has 0 bridgehead atoms. The summed E-state index contributed by atoms with van der Waals surface area (Å²) in [6.45, 7) is 9.99. The van der Waals surface area contributed by atoms with Crippen LogP contribution >= 0.6 is 11.3 Å². The fraction of sp³-hybridized carbons (Fsp3) is 0.769. The molecule has 1 aliphatic heterocycles. The van der Waals surface area contributed by atoms with E-state index in [-0.39, 0.29) is 0 Å². The van der Waals surface area contributed by atoms with Crippen molar-refractivity contribution in [3.63, 3.8) is 0 Å². The molecular weight excluding hydrogens is 246 g/mol. The molecule has 2 heterocycles. The van der Waals surface area contributed by atoms with Crippen molar-refractivity contribution < 1.29 is 4.74 Å². The number of ether oxygens (including phenoxy) is 1. The van der Waals surface area contributed by atoms with E-state index in [0.29, 0.717) is 12.1 Å². The van der Waals surface area contributed by atoms with Gasteiger partial charge in [0, 0.05) is 24.5 Å². The molecule has 1 N–H and O–H groups in total. The van der Waals surface area contributed by atoms with Crippen LogP contribution in [0.15, 0.2) is 5.38 Å². The second-order valence-corrected chi connectivity index (χ2v) is 5.80. The summed E-state index contributed by atoms with van der Waals surface area (Å²) in [5.41, 5.74) is 1.19. The van der Waals surface area contributed by atoms with Crippen LogP contribution in [0.3, 0.4) is 0 Å².